The maximum absolute atomic E-state index is 12.6. The number of nitrogens with zero attached hydrogens (tertiary/aromatic N) is 1. The van der Waals surface area contributed by atoms with Crippen LogP contribution in [-0.4, -0.2) is 28.6 Å². The van der Waals surface area contributed by atoms with Crippen molar-refractivity contribution in [3.05, 3.63) is 47.7 Å². The van der Waals surface area contributed by atoms with E-state index in [0.29, 0.717) is 36.6 Å². The number of alkyl halides is 3. The van der Waals surface area contributed by atoms with Crippen LogP contribution in [0.5, 0.6) is 0 Å². The van der Waals surface area contributed by atoms with Crippen molar-refractivity contribution in [3.63, 3.8) is 0 Å². The Morgan fingerprint density at radius 2 is 1.80 bits per heavy atom. The molecule has 0 aliphatic heterocycles. The molecule has 4 nitrogen and oxygen atoms in total. The van der Waals surface area contributed by atoms with E-state index >= 15 is 0 Å². The number of halogens is 3. The molecule has 0 radical (unpaired) electrons. The van der Waals surface area contributed by atoms with Gasteiger partial charge in [0.2, 0.25) is 0 Å². The number of aliphatic carboxylic acids is 1. The van der Waals surface area contributed by atoms with Gasteiger partial charge in [-0.1, -0.05) is 26.0 Å². The van der Waals surface area contributed by atoms with Gasteiger partial charge in [0.15, 0.2) is 0 Å². The van der Waals surface area contributed by atoms with E-state index in [4.69, 9.17) is 4.42 Å². The standard InChI is InChI=1S/C18H20F3NO3/c1-3-15(17(23)24)22(4-2)11-14-9-10-16(25-14)12-5-7-13(8-6-12)18(19,20)21/h5-10,15H,3-4,11H2,1-2H3,(H,23,24). The Balaban J connectivity index is 2.15. The fourth-order valence-electron chi connectivity index (χ4n) is 2.67. The van der Waals surface area contributed by atoms with Crippen molar-refractivity contribution < 1.29 is 27.5 Å². The predicted molar refractivity (Wildman–Crippen MR) is 86.9 cm³/mol. The first-order valence-corrected chi connectivity index (χ1v) is 7.99. The minimum Gasteiger partial charge on any atom is -0.480 e. The fourth-order valence-corrected chi connectivity index (χ4v) is 2.67. The quantitative estimate of drug-likeness (QED) is 0.785. The smallest absolute Gasteiger partial charge is 0.416 e. The Hall–Kier alpha value is -2.28. The van der Waals surface area contributed by atoms with Crippen LogP contribution in [0.3, 0.4) is 0 Å². The molecule has 136 valence electrons. The van der Waals surface area contributed by atoms with Gasteiger partial charge in [-0.25, -0.2) is 0 Å². The first-order chi connectivity index (χ1) is 11.8. The molecule has 25 heavy (non-hydrogen) atoms. The van der Waals surface area contributed by atoms with E-state index in [-0.39, 0.29) is 0 Å². The summed E-state index contributed by atoms with van der Waals surface area (Å²) in [5.74, 6) is 0.124. The summed E-state index contributed by atoms with van der Waals surface area (Å²) in [4.78, 5) is 13.1. The molecule has 1 heterocycles. The number of likely N-dealkylation sites (N-methyl/N-ethyl adjacent to an activating group) is 1. The Morgan fingerprint density at radius 3 is 2.28 bits per heavy atom. The molecule has 0 saturated carbocycles. The molecule has 0 bridgehead atoms. The minimum atomic E-state index is -4.37. The van der Waals surface area contributed by atoms with E-state index in [1.54, 1.807) is 24.0 Å². The molecule has 1 unspecified atom stereocenters. The normalized spacial score (nSPS) is 13.2. The van der Waals surface area contributed by atoms with Gasteiger partial charge in [0, 0.05) is 5.56 Å². The number of rotatable bonds is 7. The number of carboxylic acids is 1. The van der Waals surface area contributed by atoms with Gasteiger partial charge in [0.05, 0.1) is 12.1 Å². The van der Waals surface area contributed by atoms with Gasteiger partial charge in [-0.05, 0) is 37.2 Å². The van der Waals surface area contributed by atoms with Crippen molar-refractivity contribution in [2.45, 2.75) is 39.0 Å². The third-order valence-electron chi connectivity index (χ3n) is 4.04. The number of furan rings is 1. The van der Waals surface area contributed by atoms with Crippen LogP contribution in [0.1, 0.15) is 31.6 Å². The highest BCUT2D eigenvalue weighted by molar-refractivity contribution is 5.73. The molecule has 1 aromatic heterocycles. The lowest BCUT2D eigenvalue weighted by molar-refractivity contribution is -0.143. The Kier molecular flexibility index (Phi) is 5.89. The molecule has 1 atom stereocenters. The number of carboxylic acid groups (broad SMARTS) is 1. The fraction of sp³-hybridized carbons (Fsp3) is 0.389. The number of benzene rings is 1. The maximum Gasteiger partial charge on any atom is 0.416 e. The van der Waals surface area contributed by atoms with Gasteiger partial charge in [-0.3, -0.25) is 9.69 Å². The number of hydrogen-bond donors (Lipinski definition) is 1. The minimum absolute atomic E-state index is 0.321. The van der Waals surface area contributed by atoms with Crippen molar-refractivity contribution in [1.29, 1.82) is 0 Å². The van der Waals surface area contributed by atoms with Crippen LogP contribution in [0.4, 0.5) is 13.2 Å². The molecule has 0 saturated heterocycles. The zero-order valence-electron chi connectivity index (χ0n) is 14.0. The molecule has 2 aromatic rings. The lowest BCUT2D eigenvalue weighted by Gasteiger charge is -2.25. The van der Waals surface area contributed by atoms with Crippen LogP contribution in [0.2, 0.25) is 0 Å². The van der Waals surface area contributed by atoms with E-state index in [1.165, 1.54) is 12.1 Å². The van der Waals surface area contributed by atoms with Crippen molar-refractivity contribution in [2.75, 3.05) is 6.54 Å². The van der Waals surface area contributed by atoms with Gasteiger partial charge in [-0.15, -0.1) is 0 Å². The molecule has 0 amide bonds. The third kappa shape index (κ3) is 4.63. The summed E-state index contributed by atoms with van der Waals surface area (Å²) in [7, 11) is 0. The van der Waals surface area contributed by atoms with E-state index in [1.807, 2.05) is 6.92 Å². The lowest BCUT2D eigenvalue weighted by atomic mass is 10.1. The zero-order chi connectivity index (χ0) is 18.6. The van der Waals surface area contributed by atoms with Gasteiger partial charge >= 0.3 is 12.1 Å². The summed E-state index contributed by atoms with van der Waals surface area (Å²) in [5, 5.41) is 9.26. The predicted octanol–water partition coefficient (Wildman–Crippen LogP) is 4.65. The molecular formula is C18H20F3NO3. The van der Waals surface area contributed by atoms with Crippen molar-refractivity contribution in [1.82, 2.24) is 4.90 Å². The van der Waals surface area contributed by atoms with Crippen molar-refractivity contribution in [3.8, 4) is 11.3 Å². The first kappa shape index (κ1) is 19.1. The van der Waals surface area contributed by atoms with E-state index in [0.717, 1.165) is 12.1 Å². The Bertz CT molecular complexity index is 707. The summed E-state index contributed by atoms with van der Waals surface area (Å²) < 4.78 is 43.5. The molecule has 0 aliphatic carbocycles. The van der Waals surface area contributed by atoms with Gasteiger partial charge in [0.1, 0.15) is 17.6 Å². The molecule has 1 N–H and O–H groups in total. The molecule has 0 aliphatic rings. The Morgan fingerprint density at radius 1 is 1.16 bits per heavy atom. The second-order valence-electron chi connectivity index (χ2n) is 5.67. The second-order valence-corrected chi connectivity index (χ2v) is 5.67. The molecular weight excluding hydrogens is 335 g/mol. The third-order valence-corrected chi connectivity index (χ3v) is 4.04. The molecule has 0 fully saturated rings. The summed E-state index contributed by atoms with van der Waals surface area (Å²) >= 11 is 0. The van der Waals surface area contributed by atoms with Gasteiger partial charge in [0.25, 0.3) is 0 Å². The van der Waals surface area contributed by atoms with E-state index in [9.17, 15) is 23.1 Å². The van der Waals surface area contributed by atoms with Crippen LogP contribution in [0, 0.1) is 0 Å². The van der Waals surface area contributed by atoms with Crippen LogP contribution >= 0.6 is 0 Å². The summed E-state index contributed by atoms with van der Waals surface area (Å²) in [5.41, 5.74) is -0.181. The summed E-state index contributed by atoms with van der Waals surface area (Å²) in [6.07, 6.45) is -3.91. The summed E-state index contributed by atoms with van der Waals surface area (Å²) in [6, 6.07) is 7.51. The van der Waals surface area contributed by atoms with Crippen LogP contribution in [0.25, 0.3) is 11.3 Å². The van der Waals surface area contributed by atoms with Gasteiger partial charge < -0.3 is 9.52 Å². The maximum atomic E-state index is 12.6. The topological polar surface area (TPSA) is 53.7 Å². The molecule has 2 rings (SSSR count). The highest BCUT2D eigenvalue weighted by atomic mass is 19.4. The van der Waals surface area contributed by atoms with Crippen molar-refractivity contribution >= 4 is 5.97 Å². The number of carbonyl (C=O) groups is 1. The Labute approximate surface area is 143 Å². The van der Waals surface area contributed by atoms with Crippen LogP contribution in [0.15, 0.2) is 40.8 Å². The molecule has 0 spiro atoms. The van der Waals surface area contributed by atoms with Gasteiger partial charge in [-0.2, -0.15) is 13.2 Å². The lowest BCUT2D eigenvalue weighted by Crippen LogP contribution is -2.40. The average Bonchev–Trinajstić information content (AvgIpc) is 3.02. The van der Waals surface area contributed by atoms with Crippen LogP contribution < -0.4 is 0 Å². The van der Waals surface area contributed by atoms with E-state index in [2.05, 4.69) is 0 Å². The first-order valence-electron chi connectivity index (χ1n) is 7.99. The molecule has 1 aromatic carbocycles. The molecule has 7 heteroatoms. The largest absolute Gasteiger partial charge is 0.480 e. The summed E-state index contributed by atoms with van der Waals surface area (Å²) in [6.45, 7) is 4.53. The van der Waals surface area contributed by atoms with Crippen molar-refractivity contribution in [2.24, 2.45) is 0 Å². The highest BCUT2D eigenvalue weighted by Crippen LogP contribution is 2.31. The van der Waals surface area contributed by atoms with Crippen LogP contribution in [-0.2, 0) is 17.5 Å². The average molecular weight is 355 g/mol. The number of hydrogen-bond acceptors (Lipinski definition) is 3. The highest BCUT2D eigenvalue weighted by Gasteiger charge is 2.30. The monoisotopic (exact) mass is 355 g/mol. The second kappa shape index (κ2) is 7.74. The van der Waals surface area contributed by atoms with E-state index < -0.39 is 23.8 Å². The zero-order valence-corrected chi connectivity index (χ0v) is 14.0. The SMILES string of the molecule is CCC(C(=O)O)N(CC)Cc1ccc(-c2ccc(C(F)(F)F)cc2)o1.